The molecule has 9 nitrogen and oxygen atoms in total. The molecule has 0 aliphatic carbocycles. The number of carbonyl (C=O) groups is 1. The van der Waals surface area contributed by atoms with Crippen molar-refractivity contribution in [1.29, 1.82) is 0 Å². The van der Waals surface area contributed by atoms with Crippen LogP contribution < -0.4 is 9.47 Å². The number of aliphatic hydroxyl groups excluding tert-OH is 1. The first-order chi connectivity index (χ1) is 20.1. The molecule has 4 aromatic rings. The minimum Gasteiger partial charge on any atom is -0.497 e. The van der Waals surface area contributed by atoms with Crippen LogP contribution in [0, 0.1) is 12.7 Å². The van der Waals surface area contributed by atoms with Gasteiger partial charge in [-0.15, -0.1) is 0 Å². The number of halogens is 4. The Kier molecular flexibility index (Phi) is 8.06. The van der Waals surface area contributed by atoms with Crippen molar-refractivity contribution in [3.05, 3.63) is 76.9 Å². The van der Waals surface area contributed by atoms with Crippen molar-refractivity contribution in [2.75, 3.05) is 47.0 Å². The van der Waals surface area contributed by atoms with Crippen LogP contribution in [-0.2, 0) is 6.18 Å². The molecule has 42 heavy (non-hydrogen) atoms. The molecule has 1 atom stereocenters. The van der Waals surface area contributed by atoms with Crippen molar-refractivity contribution in [3.8, 4) is 22.8 Å². The van der Waals surface area contributed by atoms with Crippen molar-refractivity contribution < 1.29 is 36.9 Å². The van der Waals surface area contributed by atoms with Gasteiger partial charge < -0.3 is 19.5 Å². The maximum atomic E-state index is 14.3. The summed E-state index contributed by atoms with van der Waals surface area (Å²) in [5, 5.41) is 14.1. The molecular formula is C29H29F4N5O4. The lowest BCUT2D eigenvalue weighted by Gasteiger charge is -2.39. The van der Waals surface area contributed by atoms with Crippen LogP contribution in [0.1, 0.15) is 33.2 Å². The van der Waals surface area contributed by atoms with Gasteiger partial charge in [-0.1, -0.05) is 0 Å². The number of hydrogen-bond acceptors (Lipinski definition) is 7. The maximum Gasteiger partial charge on any atom is 0.433 e. The van der Waals surface area contributed by atoms with Crippen molar-refractivity contribution in [2.24, 2.45) is 0 Å². The minimum absolute atomic E-state index is 0.0609. The predicted octanol–water partition coefficient (Wildman–Crippen LogP) is 4.37. The first kappa shape index (κ1) is 29.3. The fourth-order valence-corrected chi connectivity index (χ4v) is 5.37. The van der Waals surface area contributed by atoms with Crippen LogP contribution in [0.4, 0.5) is 17.6 Å². The number of alkyl halides is 3. The third-order valence-electron chi connectivity index (χ3n) is 7.51. The summed E-state index contributed by atoms with van der Waals surface area (Å²) in [6.45, 7) is 2.10. The highest BCUT2D eigenvalue weighted by atomic mass is 19.4. The monoisotopic (exact) mass is 587 g/mol. The molecular weight excluding hydrogens is 558 g/mol. The molecule has 0 bridgehead atoms. The lowest BCUT2D eigenvalue weighted by molar-refractivity contribution is -0.143. The molecule has 0 spiro atoms. The standard InChI is InChI=1S/C29H29F4N5O4/c1-17-25(18-4-7-20(41-2)8-5-18)35-27-22(15-34-38(27)26(17)29(31,32)33)28(40)37-12-10-36(11-13-37)23(16-39)21-14-19(30)6-9-24(21)42-3/h4-9,14-15,23,39H,10-13,16H2,1-3H3/t23-/m1/s1. The normalized spacial score (nSPS) is 15.2. The number of benzene rings is 2. The van der Waals surface area contributed by atoms with E-state index in [9.17, 15) is 27.5 Å². The molecule has 1 aliphatic heterocycles. The molecule has 0 radical (unpaired) electrons. The van der Waals surface area contributed by atoms with E-state index in [4.69, 9.17) is 9.47 Å². The summed E-state index contributed by atoms with van der Waals surface area (Å²) in [7, 11) is 2.94. The Balaban J connectivity index is 1.45. The molecule has 0 unspecified atom stereocenters. The zero-order valence-electron chi connectivity index (χ0n) is 23.2. The summed E-state index contributed by atoms with van der Waals surface area (Å²) in [5.74, 6) is -0.0261. The van der Waals surface area contributed by atoms with Crippen LogP contribution in [0.5, 0.6) is 11.5 Å². The second-order valence-corrected chi connectivity index (χ2v) is 9.87. The zero-order valence-corrected chi connectivity index (χ0v) is 23.2. The van der Waals surface area contributed by atoms with Gasteiger partial charge >= 0.3 is 6.18 Å². The van der Waals surface area contributed by atoms with Crippen LogP contribution in [0.15, 0.2) is 48.7 Å². The number of ether oxygens (including phenoxy) is 2. The molecule has 2 aromatic carbocycles. The highest BCUT2D eigenvalue weighted by molar-refractivity contribution is 6.00. The number of hydrogen-bond donors (Lipinski definition) is 1. The number of aromatic nitrogens is 3. The van der Waals surface area contributed by atoms with Crippen molar-refractivity contribution in [3.63, 3.8) is 0 Å². The van der Waals surface area contributed by atoms with Gasteiger partial charge in [0.15, 0.2) is 11.3 Å². The molecule has 1 fully saturated rings. The number of amides is 1. The molecule has 1 amide bonds. The van der Waals surface area contributed by atoms with Crippen molar-refractivity contribution in [2.45, 2.75) is 19.1 Å². The number of carbonyl (C=O) groups excluding carboxylic acids is 1. The Hall–Kier alpha value is -4.23. The van der Waals surface area contributed by atoms with Gasteiger partial charge in [0.05, 0.1) is 38.8 Å². The Morgan fingerprint density at radius 2 is 1.74 bits per heavy atom. The summed E-state index contributed by atoms with van der Waals surface area (Å²) in [6.07, 6.45) is -3.65. The third kappa shape index (κ3) is 5.37. The Morgan fingerprint density at radius 1 is 1.05 bits per heavy atom. The van der Waals surface area contributed by atoms with Crippen LogP contribution in [0.25, 0.3) is 16.9 Å². The Bertz CT molecular complexity index is 1600. The molecule has 1 N–H and O–H groups in total. The van der Waals surface area contributed by atoms with Crippen LogP contribution in [-0.4, -0.2) is 82.4 Å². The van der Waals surface area contributed by atoms with E-state index in [1.54, 1.807) is 24.3 Å². The smallest absolute Gasteiger partial charge is 0.433 e. The zero-order chi connectivity index (χ0) is 30.2. The van der Waals surface area contributed by atoms with Crippen molar-refractivity contribution >= 4 is 11.6 Å². The minimum atomic E-state index is -4.76. The second-order valence-electron chi connectivity index (χ2n) is 9.87. The Labute approximate surface area is 238 Å². The van der Waals surface area contributed by atoms with Gasteiger partial charge in [-0.25, -0.2) is 13.9 Å². The van der Waals surface area contributed by atoms with Gasteiger partial charge in [0.2, 0.25) is 0 Å². The van der Waals surface area contributed by atoms with Gasteiger partial charge in [-0.3, -0.25) is 9.69 Å². The first-order valence-corrected chi connectivity index (χ1v) is 13.1. The van der Waals surface area contributed by atoms with E-state index in [1.165, 1.54) is 44.2 Å². The average Bonchev–Trinajstić information content (AvgIpc) is 3.40. The number of nitrogens with zero attached hydrogens (tertiary/aromatic N) is 5. The van der Waals surface area contributed by atoms with Gasteiger partial charge in [0, 0.05) is 42.9 Å². The molecule has 222 valence electrons. The van der Waals surface area contributed by atoms with Crippen LogP contribution >= 0.6 is 0 Å². The molecule has 5 rings (SSSR count). The second kappa shape index (κ2) is 11.6. The Morgan fingerprint density at radius 3 is 2.33 bits per heavy atom. The molecule has 1 aliphatic rings. The molecule has 2 aromatic heterocycles. The van der Waals surface area contributed by atoms with Gasteiger partial charge in [0.25, 0.3) is 5.91 Å². The lowest BCUT2D eigenvalue weighted by Crippen LogP contribution is -2.50. The maximum absolute atomic E-state index is 14.3. The summed E-state index contributed by atoms with van der Waals surface area (Å²) in [6, 6.07) is 9.94. The van der Waals surface area contributed by atoms with Crippen molar-refractivity contribution in [1.82, 2.24) is 24.4 Å². The highest BCUT2D eigenvalue weighted by Crippen LogP contribution is 2.37. The van der Waals surface area contributed by atoms with Crippen LogP contribution in [0.2, 0.25) is 0 Å². The third-order valence-corrected chi connectivity index (χ3v) is 7.51. The fraction of sp³-hybridized carbons (Fsp3) is 0.345. The van der Waals surface area contributed by atoms with E-state index in [0.717, 1.165) is 6.20 Å². The van der Waals surface area contributed by atoms with Gasteiger partial charge in [-0.2, -0.15) is 18.3 Å². The molecule has 13 heteroatoms. The van der Waals surface area contributed by atoms with E-state index in [2.05, 4.69) is 10.1 Å². The van der Waals surface area contributed by atoms with E-state index in [0.29, 0.717) is 40.2 Å². The van der Waals surface area contributed by atoms with E-state index >= 15 is 0 Å². The van der Waals surface area contributed by atoms with E-state index in [1.807, 2.05) is 4.90 Å². The number of rotatable bonds is 7. The molecule has 0 saturated carbocycles. The predicted molar refractivity (Wildman–Crippen MR) is 145 cm³/mol. The summed E-state index contributed by atoms with van der Waals surface area (Å²) >= 11 is 0. The number of piperazine rings is 1. The topological polar surface area (TPSA) is 92.4 Å². The molecule has 3 heterocycles. The average molecular weight is 588 g/mol. The number of fused-ring (bicyclic) bond motifs is 1. The van der Waals surface area contributed by atoms with Gasteiger partial charge in [0.1, 0.15) is 22.9 Å². The quantitative estimate of drug-likeness (QED) is 0.321. The summed E-state index contributed by atoms with van der Waals surface area (Å²) in [4.78, 5) is 21.5. The SMILES string of the molecule is COc1ccc(-c2nc3c(C(=O)N4CCN([C@H](CO)c5cc(F)ccc5OC)CC4)cnn3c(C(F)(F)F)c2C)cc1. The summed E-state index contributed by atoms with van der Waals surface area (Å²) < 4.78 is 68.0. The number of methoxy groups -OCH3 is 2. The van der Waals surface area contributed by atoms with E-state index < -0.39 is 29.6 Å². The van der Waals surface area contributed by atoms with Crippen LogP contribution in [0.3, 0.4) is 0 Å². The summed E-state index contributed by atoms with van der Waals surface area (Å²) in [5.41, 5.74) is -0.425. The van der Waals surface area contributed by atoms with E-state index in [-0.39, 0.29) is 42.2 Å². The lowest BCUT2D eigenvalue weighted by atomic mass is 10.0. The largest absolute Gasteiger partial charge is 0.497 e. The first-order valence-electron chi connectivity index (χ1n) is 13.1. The number of aliphatic hydroxyl groups is 1. The van der Waals surface area contributed by atoms with Gasteiger partial charge in [-0.05, 0) is 49.4 Å². The molecule has 1 saturated heterocycles. The fourth-order valence-electron chi connectivity index (χ4n) is 5.37. The highest BCUT2D eigenvalue weighted by Gasteiger charge is 2.39.